The highest BCUT2D eigenvalue weighted by atomic mass is 32.1. The number of aromatic nitrogens is 3. The van der Waals surface area contributed by atoms with Crippen molar-refractivity contribution in [3.05, 3.63) is 89.0 Å². The monoisotopic (exact) mass is 438 g/mol. The van der Waals surface area contributed by atoms with E-state index in [4.69, 9.17) is 0 Å². The molecule has 0 fully saturated rings. The Hall–Kier alpha value is -3.77. The van der Waals surface area contributed by atoms with Crippen LogP contribution in [0.3, 0.4) is 0 Å². The summed E-state index contributed by atoms with van der Waals surface area (Å²) in [5.74, 6) is -0.137. The summed E-state index contributed by atoms with van der Waals surface area (Å²) in [6.07, 6.45) is 6.94. The highest BCUT2D eigenvalue weighted by molar-refractivity contribution is 7.09. The highest BCUT2D eigenvalue weighted by Gasteiger charge is 2.09. The molecule has 5 aromatic rings. The van der Waals surface area contributed by atoms with Gasteiger partial charge in [-0.1, -0.05) is 24.3 Å². The predicted molar refractivity (Wildman–Crippen MR) is 131 cm³/mol. The number of para-hydroxylation sites is 1. The fourth-order valence-corrected chi connectivity index (χ4v) is 4.70. The first-order valence-corrected chi connectivity index (χ1v) is 11.4. The molecule has 32 heavy (non-hydrogen) atoms. The Morgan fingerprint density at radius 2 is 1.88 bits per heavy atom. The topological polar surface area (TPSA) is 59.8 Å². The first kappa shape index (κ1) is 20.2. The second-order valence-electron chi connectivity index (χ2n) is 7.45. The van der Waals surface area contributed by atoms with Crippen LogP contribution in [0.15, 0.2) is 78.4 Å². The van der Waals surface area contributed by atoms with Crippen molar-refractivity contribution in [2.75, 3.05) is 0 Å². The summed E-state index contributed by atoms with van der Waals surface area (Å²) < 4.78 is 2.32. The molecule has 2 aromatic carbocycles. The van der Waals surface area contributed by atoms with E-state index in [1.54, 1.807) is 18.5 Å². The Balaban J connectivity index is 1.29. The van der Waals surface area contributed by atoms with Gasteiger partial charge < -0.3 is 9.88 Å². The number of nitrogens with one attached hydrogen (secondary N) is 1. The van der Waals surface area contributed by atoms with Crippen molar-refractivity contribution < 1.29 is 4.79 Å². The number of nitrogens with zero attached hydrogens (tertiary/aromatic N) is 3. The van der Waals surface area contributed by atoms with Crippen molar-refractivity contribution in [1.82, 2.24) is 19.9 Å². The van der Waals surface area contributed by atoms with Crippen molar-refractivity contribution in [1.29, 1.82) is 0 Å². The Morgan fingerprint density at radius 3 is 2.72 bits per heavy atom. The summed E-state index contributed by atoms with van der Waals surface area (Å²) in [5.41, 5.74) is 5.37. The van der Waals surface area contributed by atoms with Crippen LogP contribution in [0.1, 0.15) is 17.5 Å². The Morgan fingerprint density at radius 1 is 1.06 bits per heavy atom. The van der Waals surface area contributed by atoms with Gasteiger partial charge in [-0.3, -0.25) is 9.78 Å². The lowest BCUT2D eigenvalue weighted by Crippen LogP contribution is -2.20. The number of thiazole rings is 1. The fourth-order valence-electron chi connectivity index (χ4n) is 3.96. The number of hydrogen-bond donors (Lipinski definition) is 1. The zero-order valence-corrected chi connectivity index (χ0v) is 18.5. The van der Waals surface area contributed by atoms with Crippen molar-refractivity contribution in [3.63, 3.8) is 0 Å². The van der Waals surface area contributed by atoms with Crippen molar-refractivity contribution in [2.45, 2.75) is 20.0 Å². The molecule has 1 N–H and O–H groups in total. The molecule has 0 radical (unpaired) electrons. The minimum atomic E-state index is -0.137. The molecule has 0 saturated heterocycles. The number of pyridine rings is 1. The van der Waals surface area contributed by atoms with Gasteiger partial charge in [0.1, 0.15) is 5.01 Å². The van der Waals surface area contributed by atoms with Gasteiger partial charge >= 0.3 is 0 Å². The lowest BCUT2D eigenvalue weighted by Gasteiger charge is -2.03. The third kappa shape index (κ3) is 3.92. The first-order valence-electron chi connectivity index (χ1n) is 10.5. The zero-order valence-electron chi connectivity index (χ0n) is 17.7. The van der Waals surface area contributed by atoms with Crippen LogP contribution in [0.5, 0.6) is 0 Å². The molecular formula is C26H22N4OS. The molecule has 0 spiro atoms. The van der Waals surface area contributed by atoms with Gasteiger partial charge in [-0.25, -0.2) is 4.98 Å². The summed E-state index contributed by atoms with van der Waals surface area (Å²) in [6, 6.07) is 18.6. The SMILES string of the molecule is CCn1c2ccccc2c2cc(/C=C/C(=O)NCc3nc(-c4ccncc4)cs3)ccc21. The smallest absolute Gasteiger partial charge is 0.244 e. The molecule has 0 saturated carbocycles. The molecule has 158 valence electrons. The zero-order chi connectivity index (χ0) is 21.9. The molecule has 0 aliphatic rings. The maximum absolute atomic E-state index is 12.4. The van der Waals surface area contributed by atoms with Crippen LogP contribution in [0.4, 0.5) is 0 Å². The number of benzene rings is 2. The molecular weight excluding hydrogens is 416 g/mol. The number of hydrogen-bond acceptors (Lipinski definition) is 4. The minimum Gasteiger partial charge on any atom is -0.346 e. The molecule has 5 rings (SSSR count). The van der Waals surface area contributed by atoms with E-state index < -0.39 is 0 Å². The normalized spacial score (nSPS) is 11.5. The standard InChI is InChI=1S/C26H22N4OS/c1-2-30-23-6-4-3-5-20(23)21-15-18(7-9-24(21)30)8-10-25(31)28-16-26-29-22(17-32-26)19-11-13-27-14-12-19/h3-15,17H,2,16H2,1H3,(H,28,31)/b10-8+. The summed E-state index contributed by atoms with van der Waals surface area (Å²) in [5, 5.41) is 8.22. The van der Waals surface area contributed by atoms with Crippen molar-refractivity contribution in [2.24, 2.45) is 0 Å². The first-order chi connectivity index (χ1) is 15.7. The predicted octanol–water partition coefficient (Wildman–Crippen LogP) is 5.66. The minimum absolute atomic E-state index is 0.137. The van der Waals surface area contributed by atoms with E-state index in [1.165, 1.54) is 33.1 Å². The van der Waals surface area contributed by atoms with E-state index in [9.17, 15) is 4.79 Å². The molecule has 0 bridgehead atoms. The second-order valence-corrected chi connectivity index (χ2v) is 8.39. The lowest BCUT2D eigenvalue weighted by molar-refractivity contribution is -0.116. The van der Waals surface area contributed by atoms with Crippen molar-refractivity contribution in [3.8, 4) is 11.3 Å². The third-order valence-corrected chi connectivity index (χ3v) is 6.33. The van der Waals surface area contributed by atoms with E-state index in [0.717, 1.165) is 28.4 Å². The van der Waals surface area contributed by atoms with E-state index in [-0.39, 0.29) is 5.91 Å². The molecule has 0 unspecified atom stereocenters. The van der Waals surface area contributed by atoms with E-state index in [1.807, 2.05) is 23.6 Å². The van der Waals surface area contributed by atoms with Crippen LogP contribution < -0.4 is 5.32 Å². The largest absolute Gasteiger partial charge is 0.346 e. The lowest BCUT2D eigenvalue weighted by atomic mass is 10.1. The summed E-state index contributed by atoms with van der Waals surface area (Å²) in [4.78, 5) is 21.0. The summed E-state index contributed by atoms with van der Waals surface area (Å²) in [6.45, 7) is 3.48. The van der Waals surface area contributed by atoms with Crippen LogP contribution in [-0.2, 0) is 17.9 Å². The van der Waals surface area contributed by atoms with Gasteiger partial charge in [0, 0.05) is 57.8 Å². The van der Waals surface area contributed by atoms with Crippen molar-refractivity contribution >= 4 is 45.1 Å². The van der Waals surface area contributed by atoms with Gasteiger partial charge in [0.15, 0.2) is 0 Å². The molecule has 3 heterocycles. The highest BCUT2D eigenvalue weighted by Crippen LogP contribution is 2.30. The van der Waals surface area contributed by atoms with Gasteiger partial charge in [0.25, 0.3) is 0 Å². The van der Waals surface area contributed by atoms with Crippen LogP contribution in [0.25, 0.3) is 39.1 Å². The molecule has 0 atom stereocenters. The van der Waals surface area contributed by atoms with E-state index >= 15 is 0 Å². The molecule has 0 aliphatic heterocycles. The third-order valence-electron chi connectivity index (χ3n) is 5.48. The average molecular weight is 439 g/mol. The number of aryl methyl sites for hydroxylation is 1. The van der Waals surface area contributed by atoms with Crippen LogP contribution in [0, 0.1) is 0 Å². The number of fused-ring (bicyclic) bond motifs is 3. The second kappa shape index (κ2) is 8.77. The van der Waals surface area contributed by atoms with Crippen LogP contribution in [0.2, 0.25) is 0 Å². The molecule has 3 aromatic heterocycles. The summed E-state index contributed by atoms with van der Waals surface area (Å²) >= 11 is 1.54. The van der Waals surface area contributed by atoms with Gasteiger partial charge in [-0.15, -0.1) is 11.3 Å². The Kier molecular flexibility index (Phi) is 5.52. The summed E-state index contributed by atoms with van der Waals surface area (Å²) in [7, 11) is 0. The number of rotatable bonds is 6. The van der Waals surface area contributed by atoms with E-state index in [2.05, 4.69) is 69.2 Å². The molecule has 5 nitrogen and oxygen atoms in total. The maximum Gasteiger partial charge on any atom is 0.244 e. The Bertz CT molecular complexity index is 1430. The molecule has 0 aliphatic carbocycles. The molecule has 6 heteroatoms. The fraction of sp³-hybridized carbons (Fsp3) is 0.115. The number of carbonyl (C=O) groups excluding carboxylic acids is 1. The number of amides is 1. The van der Waals surface area contributed by atoms with Gasteiger partial charge in [0.05, 0.1) is 12.2 Å². The van der Waals surface area contributed by atoms with E-state index in [0.29, 0.717) is 6.54 Å². The Labute approximate surface area is 190 Å². The van der Waals surface area contributed by atoms with Gasteiger partial charge in [-0.05, 0) is 48.9 Å². The average Bonchev–Trinajstić information content (AvgIpc) is 3.44. The van der Waals surface area contributed by atoms with Gasteiger partial charge in [0.2, 0.25) is 5.91 Å². The quantitative estimate of drug-likeness (QED) is 0.348. The molecule has 1 amide bonds. The number of carbonyl (C=O) groups is 1. The van der Waals surface area contributed by atoms with Gasteiger partial charge in [-0.2, -0.15) is 0 Å². The maximum atomic E-state index is 12.4. The van der Waals surface area contributed by atoms with Crippen LogP contribution >= 0.6 is 11.3 Å². The van der Waals surface area contributed by atoms with Crippen LogP contribution in [-0.4, -0.2) is 20.4 Å².